The van der Waals surface area contributed by atoms with Crippen LogP contribution in [0.3, 0.4) is 0 Å². The van der Waals surface area contributed by atoms with E-state index in [4.69, 9.17) is 0 Å². The summed E-state index contributed by atoms with van der Waals surface area (Å²) in [7, 11) is 3.42. The standard InChI is InChI=1S/C23H22N4O2/c1-17-21(16-25-27(17)20-9-5-4-6-10-20)22(28)24-15-7-8-18-11-13-19(14-12-18)23(29)26(2)3/h4-6,9-14,16H,15H2,1-3H3,(H,24,28). The minimum absolute atomic E-state index is 0.0526. The Hall–Kier alpha value is -3.85. The summed E-state index contributed by atoms with van der Waals surface area (Å²) in [5.41, 5.74) is 3.58. The van der Waals surface area contributed by atoms with Crippen LogP contribution in [0.15, 0.2) is 60.8 Å². The predicted molar refractivity (Wildman–Crippen MR) is 112 cm³/mol. The van der Waals surface area contributed by atoms with Crippen molar-refractivity contribution in [2.45, 2.75) is 6.92 Å². The molecule has 6 nitrogen and oxygen atoms in total. The van der Waals surface area contributed by atoms with Gasteiger partial charge in [0, 0.05) is 25.2 Å². The maximum absolute atomic E-state index is 12.4. The lowest BCUT2D eigenvalue weighted by Gasteiger charge is -2.09. The van der Waals surface area contributed by atoms with Gasteiger partial charge in [-0.15, -0.1) is 0 Å². The Balaban J connectivity index is 1.60. The molecule has 0 saturated carbocycles. The van der Waals surface area contributed by atoms with Crippen molar-refractivity contribution in [2.24, 2.45) is 0 Å². The highest BCUT2D eigenvalue weighted by atomic mass is 16.2. The molecule has 0 unspecified atom stereocenters. The zero-order chi connectivity index (χ0) is 20.8. The Morgan fingerprint density at radius 3 is 2.41 bits per heavy atom. The molecule has 0 atom stereocenters. The Morgan fingerprint density at radius 1 is 1.07 bits per heavy atom. The molecule has 1 N–H and O–H groups in total. The largest absolute Gasteiger partial charge is 0.345 e. The molecule has 0 spiro atoms. The van der Waals surface area contributed by atoms with Gasteiger partial charge in [-0.05, 0) is 43.3 Å². The van der Waals surface area contributed by atoms with Crippen LogP contribution < -0.4 is 5.32 Å². The molecular weight excluding hydrogens is 364 g/mol. The monoisotopic (exact) mass is 386 g/mol. The third kappa shape index (κ3) is 4.71. The fraction of sp³-hybridized carbons (Fsp3) is 0.174. The Morgan fingerprint density at radius 2 is 1.76 bits per heavy atom. The number of amides is 2. The fourth-order valence-corrected chi connectivity index (χ4v) is 2.78. The minimum Gasteiger partial charge on any atom is -0.345 e. The number of hydrogen-bond donors (Lipinski definition) is 1. The van der Waals surface area contributed by atoms with E-state index >= 15 is 0 Å². The van der Waals surface area contributed by atoms with Gasteiger partial charge in [0.15, 0.2) is 0 Å². The molecule has 29 heavy (non-hydrogen) atoms. The summed E-state index contributed by atoms with van der Waals surface area (Å²) in [5, 5.41) is 7.10. The number of nitrogens with zero attached hydrogens (tertiary/aromatic N) is 3. The highest BCUT2D eigenvalue weighted by molar-refractivity contribution is 5.95. The highest BCUT2D eigenvalue weighted by Crippen LogP contribution is 2.13. The lowest BCUT2D eigenvalue weighted by Crippen LogP contribution is -2.24. The van der Waals surface area contributed by atoms with E-state index in [1.54, 1.807) is 49.2 Å². The molecule has 2 amide bonds. The molecule has 0 aliphatic heterocycles. The van der Waals surface area contributed by atoms with Gasteiger partial charge < -0.3 is 10.2 Å². The van der Waals surface area contributed by atoms with Gasteiger partial charge in [-0.2, -0.15) is 5.10 Å². The van der Waals surface area contributed by atoms with Crippen molar-refractivity contribution in [3.63, 3.8) is 0 Å². The van der Waals surface area contributed by atoms with Gasteiger partial charge in [-0.25, -0.2) is 4.68 Å². The summed E-state index contributed by atoms with van der Waals surface area (Å²) >= 11 is 0. The normalized spacial score (nSPS) is 10.0. The SMILES string of the molecule is Cc1c(C(=O)NCC#Cc2ccc(C(=O)N(C)C)cc2)cnn1-c1ccccc1. The van der Waals surface area contributed by atoms with E-state index in [0.29, 0.717) is 11.1 Å². The molecule has 1 heterocycles. The van der Waals surface area contributed by atoms with Crippen LogP contribution in [-0.2, 0) is 0 Å². The van der Waals surface area contributed by atoms with Crippen LogP contribution in [0.4, 0.5) is 0 Å². The molecule has 0 saturated heterocycles. The molecule has 0 fully saturated rings. The molecule has 0 radical (unpaired) electrons. The highest BCUT2D eigenvalue weighted by Gasteiger charge is 2.14. The lowest BCUT2D eigenvalue weighted by molar-refractivity contribution is 0.0827. The number of carbonyl (C=O) groups excluding carboxylic acids is 2. The number of hydrogen-bond acceptors (Lipinski definition) is 3. The van der Waals surface area contributed by atoms with Crippen LogP contribution in [0, 0.1) is 18.8 Å². The van der Waals surface area contributed by atoms with Gasteiger partial charge in [-0.1, -0.05) is 30.0 Å². The van der Waals surface area contributed by atoms with E-state index < -0.39 is 0 Å². The summed E-state index contributed by atoms with van der Waals surface area (Å²) in [4.78, 5) is 25.8. The van der Waals surface area contributed by atoms with Gasteiger partial charge in [-0.3, -0.25) is 9.59 Å². The lowest BCUT2D eigenvalue weighted by atomic mass is 10.1. The smallest absolute Gasteiger partial charge is 0.255 e. The van der Waals surface area contributed by atoms with Crippen LogP contribution in [0.25, 0.3) is 5.69 Å². The zero-order valence-electron chi connectivity index (χ0n) is 16.6. The molecule has 0 aliphatic rings. The first kappa shape index (κ1) is 19.9. The summed E-state index contributed by atoms with van der Waals surface area (Å²) in [6.07, 6.45) is 1.56. The third-order valence-electron chi connectivity index (χ3n) is 4.36. The van der Waals surface area contributed by atoms with Crippen LogP contribution in [0.1, 0.15) is 32.0 Å². The van der Waals surface area contributed by atoms with Crippen LogP contribution in [0.2, 0.25) is 0 Å². The number of nitrogens with one attached hydrogen (secondary N) is 1. The van der Waals surface area contributed by atoms with Gasteiger partial charge in [0.1, 0.15) is 0 Å². The maximum Gasteiger partial charge on any atom is 0.255 e. The third-order valence-corrected chi connectivity index (χ3v) is 4.36. The average molecular weight is 386 g/mol. The maximum atomic E-state index is 12.4. The Labute approximate surface area is 170 Å². The number of benzene rings is 2. The fourth-order valence-electron chi connectivity index (χ4n) is 2.78. The van der Waals surface area contributed by atoms with Crippen molar-refractivity contribution in [3.05, 3.63) is 83.2 Å². The van der Waals surface area contributed by atoms with Crippen molar-refractivity contribution in [1.29, 1.82) is 0 Å². The van der Waals surface area contributed by atoms with Crippen molar-refractivity contribution in [1.82, 2.24) is 20.0 Å². The second-order valence-corrected chi connectivity index (χ2v) is 6.65. The molecule has 3 aromatic rings. The first-order valence-corrected chi connectivity index (χ1v) is 9.16. The van der Waals surface area contributed by atoms with E-state index in [1.807, 2.05) is 37.3 Å². The molecule has 2 aromatic carbocycles. The van der Waals surface area contributed by atoms with Crippen molar-refractivity contribution >= 4 is 11.8 Å². The van der Waals surface area contributed by atoms with Crippen LogP contribution in [-0.4, -0.2) is 47.1 Å². The van der Waals surface area contributed by atoms with Crippen molar-refractivity contribution in [2.75, 3.05) is 20.6 Å². The molecule has 1 aromatic heterocycles. The van der Waals surface area contributed by atoms with E-state index in [-0.39, 0.29) is 18.4 Å². The van der Waals surface area contributed by atoms with Crippen molar-refractivity contribution < 1.29 is 9.59 Å². The van der Waals surface area contributed by atoms with Crippen LogP contribution >= 0.6 is 0 Å². The molecule has 0 bridgehead atoms. The predicted octanol–water partition coefficient (Wildman–Crippen LogP) is 2.66. The Bertz CT molecular complexity index is 1070. The van der Waals surface area contributed by atoms with E-state index in [0.717, 1.165) is 16.9 Å². The van der Waals surface area contributed by atoms with Gasteiger partial charge >= 0.3 is 0 Å². The van der Waals surface area contributed by atoms with E-state index in [9.17, 15) is 9.59 Å². The number of rotatable bonds is 4. The second-order valence-electron chi connectivity index (χ2n) is 6.65. The first-order valence-electron chi connectivity index (χ1n) is 9.16. The average Bonchev–Trinajstić information content (AvgIpc) is 3.13. The second kappa shape index (κ2) is 8.89. The van der Waals surface area contributed by atoms with Gasteiger partial charge in [0.2, 0.25) is 0 Å². The van der Waals surface area contributed by atoms with Crippen molar-refractivity contribution in [3.8, 4) is 17.5 Å². The summed E-state index contributed by atoms with van der Waals surface area (Å²) in [6.45, 7) is 2.07. The molecule has 0 aliphatic carbocycles. The quantitative estimate of drug-likeness (QED) is 0.701. The summed E-state index contributed by atoms with van der Waals surface area (Å²) < 4.78 is 1.73. The van der Waals surface area contributed by atoms with Gasteiger partial charge in [0.25, 0.3) is 11.8 Å². The van der Waals surface area contributed by atoms with E-state index in [2.05, 4.69) is 22.3 Å². The summed E-state index contributed by atoms with van der Waals surface area (Å²) in [6, 6.07) is 16.7. The van der Waals surface area contributed by atoms with E-state index in [1.165, 1.54) is 4.90 Å². The first-order chi connectivity index (χ1) is 14.0. The molecular formula is C23H22N4O2. The Kier molecular flexibility index (Phi) is 6.10. The summed E-state index contributed by atoms with van der Waals surface area (Å²) in [5.74, 6) is 5.64. The zero-order valence-corrected chi connectivity index (χ0v) is 16.6. The number of aromatic nitrogens is 2. The minimum atomic E-state index is -0.217. The molecule has 3 rings (SSSR count). The molecule has 6 heteroatoms. The molecule has 146 valence electrons. The number of para-hydroxylation sites is 1. The van der Waals surface area contributed by atoms with Gasteiger partial charge in [0.05, 0.1) is 29.7 Å². The number of carbonyl (C=O) groups is 2. The topological polar surface area (TPSA) is 67.2 Å². The van der Waals surface area contributed by atoms with Crippen LogP contribution in [0.5, 0.6) is 0 Å².